The fourth-order valence-electron chi connectivity index (χ4n) is 3.62. The Kier molecular flexibility index (Phi) is 7.54. The van der Waals surface area contributed by atoms with E-state index in [1.807, 2.05) is 43.0 Å². The van der Waals surface area contributed by atoms with E-state index < -0.39 is 6.03 Å². The normalized spacial score (nSPS) is 15.4. The molecule has 3 rings (SSSR count). The molecular weight excluding hydrogens is 383 g/mol. The Bertz CT molecular complexity index is 903. The molecule has 0 aliphatic carbocycles. The standard InChI is InChI=1S/C23H29FN4O2/c1-17-7-5-10-21(18(17)2)25-23(30)26-22(29)16-28-12-6-11-27(13-14-28)15-19-8-3-4-9-20(19)24/h3-5,7-10H,6,11-16H2,1-2H3,(H2,25,26,29,30). The van der Waals surface area contributed by atoms with E-state index in [1.54, 1.807) is 12.1 Å². The zero-order valence-corrected chi connectivity index (χ0v) is 17.6. The molecular formula is C23H29FN4O2. The van der Waals surface area contributed by atoms with Crippen LogP contribution >= 0.6 is 0 Å². The fraction of sp³-hybridized carbons (Fsp3) is 0.391. The van der Waals surface area contributed by atoms with Gasteiger partial charge in [0.1, 0.15) is 5.82 Å². The van der Waals surface area contributed by atoms with E-state index in [9.17, 15) is 14.0 Å². The largest absolute Gasteiger partial charge is 0.325 e. The number of nitrogens with zero attached hydrogens (tertiary/aromatic N) is 2. The second kappa shape index (κ2) is 10.3. The molecule has 2 N–H and O–H groups in total. The molecule has 2 aromatic rings. The van der Waals surface area contributed by atoms with E-state index in [2.05, 4.69) is 15.5 Å². The van der Waals surface area contributed by atoms with Gasteiger partial charge in [0.2, 0.25) is 5.91 Å². The van der Waals surface area contributed by atoms with Crippen LogP contribution in [0.25, 0.3) is 0 Å². The lowest BCUT2D eigenvalue weighted by Gasteiger charge is -2.21. The van der Waals surface area contributed by atoms with Crippen molar-refractivity contribution in [1.82, 2.24) is 15.1 Å². The van der Waals surface area contributed by atoms with Gasteiger partial charge in [-0.15, -0.1) is 0 Å². The summed E-state index contributed by atoms with van der Waals surface area (Å²) in [5.74, 6) is -0.520. The molecule has 160 valence electrons. The maximum Gasteiger partial charge on any atom is 0.325 e. The van der Waals surface area contributed by atoms with Gasteiger partial charge in [0.05, 0.1) is 6.54 Å². The average Bonchev–Trinajstić information content (AvgIpc) is 2.92. The Hall–Kier alpha value is -2.77. The number of carbonyl (C=O) groups is 2. The minimum atomic E-state index is -0.523. The maximum atomic E-state index is 13.9. The van der Waals surface area contributed by atoms with Gasteiger partial charge >= 0.3 is 6.03 Å². The summed E-state index contributed by atoms with van der Waals surface area (Å²) in [6.07, 6.45) is 0.885. The highest BCUT2D eigenvalue weighted by atomic mass is 19.1. The Balaban J connectivity index is 1.46. The molecule has 2 aromatic carbocycles. The average molecular weight is 413 g/mol. The monoisotopic (exact) mass is 412 g/mol. The third kappa shape index (κ3) is 6.11. The van der Waals surface area contributed by atoms with E-state index in [-0.39, 0.29) is 18.3 Å². The summed E-state index contributed by atoms with van der Waals surface area (Å²) in [4.78, 5) is 28.7. The molecule has 1 heterocycles. The Morgan fingerprint density at radius 1 is 0.967 bits per heavy atom. The minimum absolute atomic E-state index is 0.160. The van der Waals surface area contributed by atoms with Crippen LogP contribution in [0.1, 0.15) is 23.1 Å². The number of amides is 3. The first-order valence-corrected chi connectivity index (χ1v) is 10.3. The number of hydrogen-bond acceptors (Lipinski definition) is 4. The molecule has 0 saturated carbocycles. The molecule has 0 bridgehead atoms. The van der Waals surface area contributed by atoms with E-state index in [1.165, 1.54) is 6.07 Å². The zero-order chi connectivity index (χ0) is 21.5. The minimum Gasteiger partial charge on any atom is -0.307 e. The van der Waals surface area contributed by atoms with Crippen LogP contribution in [0.3, 0.4) is 0 Å². The van der Waals surface area contributed by atoms with E-state index >= 15 is 0 Å². The SMILES string of the molecule is Cc1cccc(NC(=O)NC(=O)CN2CCCN(Cc3ccccc3F)CC2)c1C. The van der Waals surface area contributed by atoms with Crippen molar-refractivity contribution in [1.29, 1.82) is 0 Å². The van der Waals surface area contributed by atoms with Gasteiger partial charge in [0, 0.05) is 30.9 Å². The summed E-state index contributed by atoms with van der Waals surface area (Å²) in [5.41, 5.74) is 3.43. The highest BCUT2D eigenvalue weighted by Gasteiger charge is 2.19. The van der Waals surface area contributed by atoms with Crippen molar-refractivity contribution < 1.29 is 14.0 Å². The molecule has 0 radical (unpaired) electrons. The van der Waals surface area contributed by atoms with Gasteiger partial charge in [-0.25, -0.2) is 9.18 Å². The first-order valence-electron chi connectivity index (χ1n) is 10.3. The number of anilines is 1. The topological polar surface area (TPSA) is 64.7 Å². The maximum absolute atomic E-state index is 13.9. The molecule has 3 amide bonds. The van der Waals surface area contributed by atoms with Crippen molar-refractivity contribution in [2.45, 2.75) is 26.8 Å². The summed E-state index contributed by atoms with van der Waals surface area (Å²) in [6.45, 7) is 7.67. The van der Waals surface area contributed by atoms with Crippen LogP contribution in [0.5, 0.6) is 0 Å². The van der Waals surface area contributed by atoms with Crippen LogP contribution in [0.4, 0.5) is 14.9 Å². The second-order valence-electron chi connectivity index (χ2n) is 7.75. The third-order valence-corrected chi connectivity index (χ3v) is 5.51. The van der Waals surface area contributed by atoms with Gasteiger partial charge in [-0.2, -0.15) is 0 Å². The molecule has 1 aliphatic heterocycles. The lowest BCUT2D eigenvalue weighted by atomic mass is 10.1. The predicted molar refractivity (Wildman–Crippen MR) is 116 cm³/mol. The second-order valence-corrected chi connectivity index (χ2v) is 7.75. The smallest absolute Gasteiger partial charge is 0.307 e. The van der Waals surface area contributed by atoms with Crippen molar-refractivity contribution in [2.75, 3.05) is 38.0 Å². The van der Waals surface area contributed by atoms with Crippen molar-refractivity contribution in [3.05, 3.63) is 65.0 Å². The van der Waals surface area contributed by atoms with Crippen molar-refractivity contribution in [3.8, 4) is 0 Å². The number of nitrogens with one attached hydrogen (secondary N) is 2. The molecule has 30 heavy (non-hydrogen) atoms. The zero-order valence-electron chi connectivity index (χ0n) is 17.6. The molecule has 7 heteroatoms. The quantitative estimate of drug-likeness (QED) is 0.791. The van der Waals surface area contributed by atoms with Crippen molar-refractivity contribution in [2.24, 2.45) is 0 Å². The molecule has 1 fully saturated rings. The number of urea groups is 1. The summed E-state index contributed by atoms with van der Waals surface area (Å²) >= 11 is 0. The summed E-state index contributed by atoms with van der Waals surface area (Å²) in [7, 11) is 0. The summed E-state index contributed by atoms with van der Waals surface area (Å²) < 4.78 is 13.9. The number of hydrogen-bond donors (Lipinski definition) is 2. The molecule has 1 aliphatic rings. The highest BCUT2D eigenvalue weighted by Crippen LogP contribution is 2.17. The van der Waals surface area contributed by atoms with Crippen LogP contribution in [0, 0.1) is 19.7 Å². The number of imide groups is 1. The van der Waals surface area contributed by atoms with Gasteiger partial charge in [-0.3, -0.25) is 19.9 Å². The molecule has 1 saturated heterocycles. The number of carbonyl (C=O) groups excluding carboxylic acids is 2. The summed E-state index contributed by atoms with van der Waals surface area (Å²) in [5, 5.41) is 5.15. The number of aryl methyl sites for hydroxylation is 1. The van der Waals surface area contributed by atoms with Crippen molar-refractivity contribution in [3.63, 3.8) is 0 Å². The fourth-order valence-corrected chi connectivity index (χ4v) is 3.62. The molecule has 0 unspecified atom stereocenters. The van der Waals surface area contributed by atoms with E-state index in [0.717, 1.165) is 37.2 Å². The molecule has 0 aromatic heterocycles. The van der Waals surface area contributed by atoms with E-state index in [0.29, 0.717) is 24.3 Å². The number of benzene rings is 2. The first kappa shape index (κ1) is 21.9. The van der Waals surface area contributed by atoms with Crippen LogP contribution in [0.15, 0.2) is 42.5 Å². The van der Waals surface area contributed by atoms with Gasteiger partial charge < -0.3 is 5.32 Å². The van der Waals surface area contributed by atoms with Crippen LogP contribution in [0.2, 0.25) is 0 Å². The first-order chi connectivity index (χ1) is 14.4. The lowest BCUT2D eigenvalue weighted by Crippen LogP contribution is -2.43. The van der Waals surface area contributed by atoms with Crippen LogP contribution in [-0.2, 0) is 11.3 Å². The van der Waals surface area contributed by atoms with Crippen molar-refractivity contribution >= 4 is 17.6 Å². The molecule has 6 nitrogen and oxygen atoms in total. The third-order valence-electron chi connectivity index (χ3n) is 5.51. The predicted octanol–water partition coefficient (Wildman–Crippen LogP) is 3.30. The number of halogens is 1. The van der Waals surface area contributed by atoms with Gasteiger partial charge in [-0.05, 0) is 56.6 Å². The van der Waals surface area contributed by atoms with Gasteiger partial charge in [0.25, 0.3) is 0 Å². The van der Waals surface area contributed by atoms with Gasteiger partial charge in [-0.1, -0.05) is 30.3 Å². The Labute approximate surface area is 177 Å². The molecule has 0 atom stereocenters. The molecule has 0 spiro atoms. The van der Waals surface area contributed by atoms with Crippen LogP contribution in [-0.4, -0.2) is 54.5 Å². The van der Waals surface area contributed by atoms with Crippen LogP contribution < -0.4 is 10.6 Å². The van der Waals surface area contributed by atoms with E-state index in [4.69, 9.17) is 0 Å². The van der Waals surface area contributed by atoms with Gasteiger partial charge in [0.15, 0.2) is 0 Å². The summed E-state index contributed by atoms with van der Waals surface area (Å²) in [6, 6.07) is 11.9. The number of rotatable bonds is 5. The Morgan fingerprint density at radius 2 is 1.70 bits per heavy atom. The Morgan fingerprint density at radius 3 is 2.50 bits per heavy atom. The lowest BCUT2D eigenvalue weighted by molar-refractivity contribution is -0.121. The highest BCUT2D eigenvalue weighted by molar-refractivity contribution is 6.02.